The first-order valence-electron chi connectivity index (χ1n) is 8.32. The van der Waals surface area contributed by atoms with Crippen LogP contribution in [-0.4, -0.2) is 0 Å². The van der Waals surface area contributed by atoms with Crippen LogP contribution in [0.3, 0.4) is 0 Å². The van der Waals surface area contributed by atoms with Crippen molar-refractivity contribution in [3.05, 3.63) is 71.0 Å². The average molecular weight is 304 g/mol. The number of allylic oxidation sites excluding steroid dienone is 8. The van der Waals surface area contributed by atoms with Crippen molar-refractivity contribution >= 4 is 22.1 Å². The summed E-state index contributed by atoms with van der Waals surface area (Å²) in [7, 11) is 0. The summed E-state index contributed by atoms with van der Waals surface area (Å²) in [6, 6.07) is 8.60. The SMILES string of the molecule is C/C=C(\C)C1=CC=C(c2cc3cc(/C(C)=C/C)ccc3o2)CC1. The Bertz CT molecular complexity index is 853. The van der Waals surface area contributed by atoms with Crippen molar-refractivity contribution in [1.82, 2.24) is 0 Å². The van der Waals surface area contributed by atoms with Gasteiger partial charge in [0.15, 0.2) is 0 Å². The molecule has 1 heteroatoms. The van der Waals surface area contributed by atoms with Crippen LogP contribution in [0.2, 0.25) is 0 Å². The lowest BCUT2D eigenvalue weighted by molar-refractivity contribution is 0.595. The van der Waals surface area contributed by atoms with Crippen LogP contribution in [0.25, 0.3) is 22.1 Å². The van der Waals surface area contributed by atoms with Gasteiger partial charge >= 0.3 is 0 Å². The summed E-state index contributed by atoms with van der Waals surface area (Å²) in [5.41, 5.74) is 7.61. The van der Waals surface area contributed by atoms with Gasteiger partial charge in [0.05, 0.1) is 0 Å². The van der Waals surface area contributed by atoms with E-state index in [1.807, 2.05) is 0 Å². The molecule has 1 aromatic carbocycles. The Morgan fingerprint density at radius 1 is 0.957 bits per heavy atom. The highest BCUT2D eigenvalue weighted by Crippen LogP contribution is 2.33. The van der Waals surface area contributed by atoms with Gasteiger partial charge < -0.3 is 4.42 Å². The van der Waals surface area contributed by atoms with Crippen molar-refractivity contribution in [3.63, 3.8) is 0 Å². The Hall–Kier alpha value is -2.28. The summed E-state index contributed by atoms with van der Waals surface area (Å²) in [6.07, 6.45) is 10.9. The Morgan fingerprint density at radius 2 is 1.74 bits per heavy atom. The van der Waals surface area contributed by atoms with Crippen LogP contribution < -0.4 is 0 Å². The van der Waals surface area contributed by atoms with Crippen LogP contribution in [0.4, 0.5) is 0 Å². The molecule has 2 aromatic rings. The van der Waals surface area contributed by atoms with Crippen LogP contribution in [0.15, 0.2) is 64.1 Å². The molecule has 0 N–H and O–H groups in total. The van der Waals surface area contributed by atoms with Gasteiger partial charge in [0.1, 0.15) is 11.3 Å². The van der Waals surface area contributed by atoms with Gasteiger partial charge in [0, 0.05) is 5.39 Å². The van der Waals surface area contributed by atoms with Gasteiger partial charge in [-0.05, 0) is 81.0 Å². The van der Waals surface area contributed by atoms with E-state index in [1.165, 1.54) is 33.2 Å². The molecule has 1 aromatic heterocycles. The van der Waals surface area contributed by atoms with Crippen molar-refractivity contribution in [2.75, 3.05) is 0 Å². The Kier molecular flexibility index (Phi) is 4.38. The summed E-state index contributed by atoms with van der Waals surface area (Å²) in [6.45, 7) is 8.49. The molecule has 0 radical (unpaired) electrons. The Labute approximate surface area is 138 Å². The van der Waals surface area contributed by atoms with Crippen molar-refractivity contribution in [2.24, 2.45) is 0 Å². The quantitative estimate of drug-likeness (QED) is 0.599. The normalized spacial score (nSPS) is 16.5. The van der Waals surface area contributed by atoms with Gasteiger partial charge in [0.25, 0.3) is 0 Å². The molecule has 0 amide bonds. The lowest BCUT2D eigenvalue weighted by atomic mass is 9.92. The smallest absolute Gasteiger partial charge is 0.134 e. The summed E-state index contributed by atoms with van der Waals surface area (Å²) in [5.74, 6) is 1.00. The molecular weight excluding hydrogens is 280 g/mol. The lowest BCUT2D eigenvalue weighted by Gasteiger charge is -2.13. The van der Waals surface area contributed by atoms with Gasteiger partial charge in [0.2, 0.25) is 0 Å². The molecule has 1 aliphatic carbocycles. The summed E-state index contributed by atoms with van der Waals surface area (Å²) >= 11 is 0. The van der Waals surface area contributed by atoms with E-state index in [1.54, 1.807) is 0 Å². The molecule has 0 fully saturated rings. The molecule has 3 rings (SSSR count). The highest BCUT2D eigenvalue weighted by Gasteiger charge is 2.13. The maximum Gasteiger partial charge on any atom is 0.134 e. The third kappa shape index (κ3) is 3.10. The minimum Gasteiger partial charge on any atom is -0.456 e. The average Bonchev–Trinajstić information content (AvgIpc) is 3.03. The lowest BCUT2D eigenvalue weighted by Crippen LogP contribution is -1.93. The van der Waals surface area contributed by atoms with Gasteiger partial charge in [-0.2, -0.15) is 0 Å². The highest BCUT2D eigenvalue weighted by molar-refractivity contribution is 5.85. The number of rotatable bonds is 3. The first-order valence-corrected chi connectivity index (χ1v) is 8.32. The van der Waals surface area contributed by atoms with Crippen molar-refractivity contribution in [2.45, 2.75) is 40.5 Å². The van der Waals surface area contributed by atoms with E-state index in [2.05, 4.69) is 76.3 Å². The molecule has 0 unspecified atom stereocenters. The fraction of sp³-hybridized carbons (Fsp3) is 0.273. The summed E-state index contributed by atoms with van der Waals surface area (Å²) < 4.78 is 6.07. The second-order valence-electron chi connectivity index (χ2n) is 6.19. The van der Waals surface area contributed by atoms with Gasteiger partial charge in [-0.15, -0.1) is 0 Å². The number of hydrogen-bond acceptors (Lipinski definition) is 1. The molecule has 23 heavy (non-hydrogen) atoms. The zero-order valence-corrected chi connectivity index (χ0v) is 14.4. The van der Waals surface area contributed by atoms with Crippen LogP contribution >= 0.6 is 0 Å². The third-order valence-electron chi connectivity index (χ3n) is 4.81. The van der Waals surface area contributed by atoms with E-state index in [9.17, 15) is 0 Å². The van der Waals surface area contributed by atoms with Gasteiger partial charge in [-0.1, -0.05) is 35.9 Å². The molecular formula is C22H24O. The van der Waals surface area contributed by atoms with Crippen molar-refractivity contribution in [3.8, 4) is 0 Å². The fourth-order valence-electron chi connectivity index (χ4n) is 2.97. The predicted molar refractivity (Wildman–Crippen MR) is 100 cm³/mol. The van der Waals surface area contributed by atoms with Gasteiger partial charge in [-0.25, -0.2) is 0 Å². The molecule has 1 nitrogen and oxygen atoms in total. The standard InChI is InChI=1S/C22H24O/c1-5-15(3)17-7-9-18(10-8-17)22-14-20-13-19(16(4)6-2)11-12-21(20)23-22/h5-7,9,11-14H,8,10H2,1-4H3/b15-5+,16-6+. The van der Waals surface area contributed by atoms with Crippen LogP contribution in [0, 0.1) is 0 Å². The summed E-state index contributed by atoms with van der Waals surface area (Å²) in [4.78, 5) is 0. The second kappa shape index (κ2) is 6.45. The second-order valence-corrected chi connectivity index (χ2v) is 6.19. The Balaban J connectivity index is 1.95. The number of fused-ring (bicyclic) bond motifs is 1. The molecule has 1 heterocycles. The highest BCUT2D eigenvalue weighted by atomic mass is 16.3. The largest absolute Gasteiger partial charge is 0.456 e. The monoisotopic (exact) mass is 304 g/mol. The zero-order chi connectivity index (χ0) is 16.4. The maximum atomic E-state index is 6.07. The predicted octanol–water partition coefficient (Wildman–Crippen LogP) is 6.93. The molecule has 0 spiro atoms. The van der Waals surface area contributed by atoms with Crippen LogP contribution in [0.5, 0.6) is 0 Å². The first kappa shape index (κ1) is 15.6. The molecule has 0 bridgehead atoms. The minimum atomic E-state index is 0.966. The molecule has 1 aliphatic rings. The van der Waals surface area contributed by atoms with E-state index in [-0.39, 0.29) is 0 Å². The number of hydrogen-bond donors (Lipinski definition) is 0. The van der Waals surface area contributed by atoms with Crippen molar-refractivity contribution in [1.29, 1.82) is 0 Å². The van der Waals surface area contributed by atoms with Crippen LogP contribution in [0.1, 0.15) is 51.9 Å². The van der Waals surface area contributed by atoms with Crippen molar-refractivity contribution < 1.29 is 4.42 Å². The zero-order valence-electron chi connectivity index (χ0n) is 14.4. The van der Waals surface area contributed by atoms with Crippen LogP contribution in [-0.2, 0) is 0 Å². The Morgan fingerprint density at radius 3 is 2.39 bits per heavy atom. The maximum absolute atomic E-state index is 6.07. The van der Waals surface area contributed by atoms with E-state index >= 15 is 0 Å². The fourth-order valence-corrected chi connectivity index (χ4v) is 2.97. The molecule has 0 atom stereocenters. The molecule has 0 saturated heterocycles. The molecule has 0 saturated carbocycles. The number of furan rings is 1. The third-order valence-corrected chi connectivity index (χ3v) is 4.81. The van der Waals surface area contributed by atoms with E-state index in [0.29, 0.717) is 0 Å². The first-order chi connectivity index (χ1) is 11.1. The van der Waals surface area contributed by atoms with Gasteiger partial charge in [-0.3, -0.25) is 0 Å². The van der Waals surface area contributed by atoms with E-state index < -0.39 is 0 Å². The summed E-state index contributed by atoms with van der Waals surface area (Å²) in [5, 5.41) is 1.18. The van der Waals surface area contributed by atoms with E-state index in [4.69, 9.17) is 4.42 Å². The van der Waals surface area contributed by atoms with E-state index in [0.717, 1.165) is 24.2 Å². The molecule has 118 valence electrons. The topological polar surface area (TPSA) is 13.1 Å². The molecule has 0 aliphatic heterocycles. The number of benzene rings is 1. The minimum absolute atomic E-state index is 0.966.